The lowest BCUT2D eigenvalue weighted by Gasteiger charge is -2.32. The molecule has 0 aromatic carbocycles. The normalized spacial score (nSPS) is 25.3. The van der Waals surface area contributed by atoms with Crippen LogP contribution in [0.25, 0.3) is 0 Å². The maximum Gasteiger partial charge on any atom is 0.202 e. The minimum absolute atomic E-state index is 0.270. The Bertz CT molecular complexity index is 393. The molecule has 100 valence electrons. The predicted octanol–water partition coefficient (Wildman–Crippen LogP) is 1.55. The summed E-state index contributed by atoms with van der Waals surface area (Å²) in [6.45, 7) is 7.03. The summed E-state index contributed by atoms with van der Waals surface area (Å²) >= 11 is 1.47. The Morgan fingerprint density at radius 3 is 3.17 bits per heavy atom. The SMILES string of the molecule is CCN1CCOC(CNc2nc(C3CC3)ns2)C1. The topological polar surface area (TPSA) is 50.3 Å². The van der Waals surface area contributed by atoms with Crippen LogP contribution in [0.4, 0.5) is 5.13 Å². The van der Waals surface area contributed by atoms with E-state index in [2.05, 4.69) is 26.5 Å². The fourth-order valence-electron chi connectivity index (χ4n) is 2.21. The molecule has 1 atom stereocenters. The number of ether oxygens (including phenoxy) is 1. The van der Waals surface area contributed by atoms with Crippen LogP contribution in [0.5, 0.6) is 0 Å². The van der Waals surface area contributed by atoms with Gasteiger partial charge in [0, 0.05) is 37.1 Å². The number of likely N-dealkylation sites (N-methyl/N-ethyl adjacent to an activating group) is 1. The second kappa shape index (κ2) is 5.50. The lowest BCUT2D eigenvalue weighted by Crippen LogP contribution is -2.45. The zero-order valence-electron chi connectivity index (χ0n) is 10.8. The van der Waals surface area contributed by atoms with Crippen molar-refractivity contribution in [2.45, 2.75) is 31.8 Å². The van der Waals surface area contributed by atoms with E-state index in [0.717, 1.165) is 43.7 Å². The Balaban J connectivity index is 1.47. The van der Waals surface area contributed by atoms with Crippen LogP contribution >= 0.6 is 11.5 Å². The summed E-state index contributed by atoms with van der Waals surface area (Å²) in [5.74, 6) is 1.67. The van der Waals surface area contributed by atoms with E-state index in [0.29, 0.717) is 5.92 Å². The standard InChI is InChI=1S/C12H20N4OS/c1-2-16-5-6-17-10(8-16)7-13-12-14-11(15-18-12)9-3-4-9/h9-10H,2-8H2,1H3,(H,13,14,15). The molecular weight excluding hydrogens is 248 g/mol. The van der Waals surface area contributed by atoms with Crippen molar-refractivity contribution in [3.05, 3.63) is 5.82 Å². The second-order valence-electron chi connectivity index (χ2n) is 5.00. The van der Waals surface area contributed by atoms with Crippen molar-refractivity contribution in [2.24, 2.45) is 0 Å². The first-order chi connectivity index (χ1) is 8.85. The monoisotopic (exact) mass is 268 g/mol. The minimum Gasteiger partial charge on any atom is -0.374 e. The van der Waals surface area contributed by atoms with Crippen LogP contribution in [0.2, 0.25) is 0 Å². The highest BCUT2D eigenvalue weighted by Gasteiger charge is 2.28. The summed E-state index contributed by atoms with van der Waals surface area (Å²) in [5, 5.41) is 4.29. The molecule has 0 radical (unpaired) electrons. The average Bonchev–Trinajstić information content (AvgIpc) is 3.16. The smallest absolute Gasteiger partial charge is 0.202 e. The molecule has 0 bridgehead atoms. The van der Waals surface area contributed by atoms with Crippen molar-refractivity contribution in [3.63, 3.8) is 0 Å². The van der Waals surface area contributed by atoms with Crippen molar-refractivity contribution >= 4 is 16.7 Å². The minimum atomic E-state index is 0.270. The van der Waals surface area contributed by atoms with Gasteiger partial charge in [0.1, 0.15) is 5.82 Å². The Labute approximate surface area is 112 Å². The summed E-state index contributed by atoms with van der Waals surface area (Å²) < 4.78 is 10.1. The van der Waals surface area contributed by atoms with Gasteiger partial charge in [0.2, 0.25) is 5.13 Å². The molecule has 1 aromatic rings. The van der Waals surface area contributed by atoms with Gasteiger partial charge in [0.25, 0.3) is 0 Å². The quantitative estimate of drug-likeness (QED) is 0.878. The van der Waals surface area contributed by atoms with Gasteiger partial charge < -0.3 is 10.1 Å². The average molecular weight is 268 g/mol. The number of rotatable bonds is 5. The number of morpholine rings is 1. The number of hydrogen-bond acceptors (Lipinski definition) is 6. The lowest BCUT2D eigenvalue weighted by atomic mass is 10.2. The van der Waals surface area contributed by atoms with E-state index in [9.17, 15) is 0 Å². The molecule has 1 aliphatic carbocycles. The lowest BCUT2D eigenvalue weighted by molar-refractivity contribution is -0.0191. The highest BCUT2D eigenvalue weighted by atomic mass is 32.1. The van der Waals surface area contributed by atoms with Crippen LogP contribution in [-0.2, 0) is 4.74 Å². The van der Waals surface area contributed by atoms with Gasteiger partial charge in [-0.1, -0.05) is 6.92 Å². The fourth-order valence-corrected chi connectivity index (χ4v) is 2.86. The van der Waals surface area contributed by atoms with Gasteiger partial charge >= 0.3 is 0 Å². The Morgan fingerprint density at radius 2 is 2.39 bits per heavy atom. The highest BCUT2D eigenvalue weighted by molar-refractivity contribution is 7.09. The highest BCUT2D eigenvalue weighted by Crippen LogP contribution is 2.39. The van der Waals surface area contributed by atoms with E-state index in [1.165, 1.54) is 24.4 Å². The molecular formula is C12H20N4OS. The molecule has 2 aliphatic rings. The predicted molar refractivity (Wildman–Crippen MR) is 72.2 cm³/mol. The van der Waals surface area contributed by atoms with Crippen molar-refractivity contribution in [2.75, 3.05) is 38.1 Å². The molecule has 0 spiro atoms. The van der Waals surface area contributed by atoms with Crippen molar-refractivity contribution in [1.82, 2.24) is 14.3 Å². The first-order valence-electron chi connectivity index (χ1n) is 6.76. The third kappa shape index (κ3) is 2.99. The van der Waals surface area contributed by atoms with Crippen molar-refractivity contribution in [3.8, 4) is 0 Å². The molecule has 2 heterocycles. The maximum atomic E-state index is 5.75. The fraction of sp³-hybridized carbons (Fsp3) is 0.833. The van der Waals surface area contributed by atoms with Crippen LogP contribution in [-0.4, -0.2) is 53.1 Å². The maximum absolute atomic E-state index is 5.75. The molecule has 0 amide bonds. The van der Waals surface area contributed by atoms with E-state index in [-0.39, 0.29) is 6.10 Å². The van der Waals surface area contributed by atoms with Gasteiger partial charge in [-0.3, -0.25) is 4.90 Å². The molecule has 2 fully saturated rings. The van der Waals surface area contributed by atoms with Crippen molar-refractivity contribution < 1.29 is 4.74 Å². The van der Waals surface area contributed by atoms with E-state index in [1.54, 1.807) is 0 Å². The van der Waals surface area contributed by atoms with Crippen LogP contribution in [0.3, 0.4) is 0 Å². The first kappa shape index (κ1) is 12.3. The second-order valence-corrected chi connectivity index (χ2v) is 5.75. The molecule has 5 nitrogen and oxygen atoms in total. The number of hydrogen-bond donors (Lipinski definition) is 1. The number of aromatic nitrogens is 2. The van der Waals surface area contributed by atoms with Gasteiger partial charge in [-0.15, -0.1) is 0 Å². The number of nitrogens with zero attached hydrogens (tertiary/aromatic N) is 3. The van der Waals surface area contributed by atoms with Gasteiger partial charge in [-0.05, 0) is 19.4 Å². The van der Waals surface area contributed by atoms with Gasteiger partial charge in [0.15, 0.2) is 0 Å². The van der Waals surface area contributed by atoms with E-state index in [1.807, 2.05) is 0 Å². The number of nitrogens with one attached hydrogen (secondary N) is 1. The summed E-state index contributed by atoms with van der Waals surface area (Å²) in [5.41, 5.74) is 0. The van der Waals surface area contributed by atoms with Gasteiger partial charge in [-0.25, -0.2) is 4.98 Å². The van der Waals surface area contributed by atoms with E-state index < -0.39 is 0 Å². The molecule has 6 heteroatoms. The Hall–Kier alpha value is -0.720. The Morgan fingerprint density at radius 1 is 1.50 bits per heavy atom. The molecule has 3 rings (SSSR count). The van der Waals surface area contributed by atoms with Crippen LogP contribution in [0.15, 0.2) is 0 Å². The first-order valence-corrected chi connectivity index (χ1v) is 7.54. The zero-order chi connectivity index (χ0) is 12.4. The van der Waals surface area contributed by atoms with Crippen molar-refractivity contribution in [1.29, 1.82) is 0 Å². The molecule has 1 saturated carbocycles. The third-order valence-corrected chi connectivity index (χ3v) is 4.22. The Kier molecular flexibility index (Phi) is 3.77. The molecule has 1 aromatic heterocycles. The summed E-state index contributed by atoms with van der Waals surface area (Å²) in [4.78, 5) is 6.95. The van der Waals surface area contributed by atoms with Crippen LogP contribution < -0.4 is 5.32 Å². The largest absolute Gasteiger partial charge is 0.374 e. The summed E-state index contributed by atoms with van der Waals surface area (Å²) in [6.07, 6.45) is 2.78. The zero-order valence-corrected chi connectivity index (χ0v) is 11.6. The molecule has 1 saturated heterocycles. The molecule has 1 N–H and O–H groups in total. The van der Waals surface area contributed by atoms with Gasteiger partial charge in [0.05, 0.1) is 12.7 Å². The number of anilines is 1. The van der Waals surface area contributed by atoms with Crippen LogP contribution in [0.1, 0.15) is 31.5 Å². The summed E-state index contributed by atoms with van der Waals surface area (Å²) in [6, 6.07) is 0. The third-order valence-electron chi connectivity index (χ3n) is 3.54. The molecule has 1 aliphatic heterocycles. The van der Waals surface area contributed by atoms with E-state index in [4.69, 9.17) is 4.74 Å². The molecule has 18 heavy (non-hydrogen) atoms. The summed E-state index contributed by atoms with van der Waals surface area (Å²) in [7, 11) is 0. The van der Waals surface area contributed by atoms with Crippen LogP contribution in [0, 0.1) is 0 Å². The van der Waals surface area contributed by atoms with Gasteiger partial charge in [-0.2, -0.15) is 4.37 Å². The molecule has 1 unspecified atom stereocenters. The van der Waals surface area contributed by atoms with E-state index >= 15 is 0 Å².